The summed E-state index contributed by atoms with van der Waals surface area (Å²) >= 11 is 1.91. The Bertz CT molecular complexity index is 515. The Labute approximate surface area is 121 Å². The smallest absolute Gasteiger partial charge is 0.0581 e. The van der Waals surface area contributed by atoms with Crippen molar-refractivity contribution in [1.29, 1.82) is 0 Å². The Morgan fingerprint density at radius 2 is 1.79 bits per heavy atom. The highest BCUT2D eigenvalue weighted by Gasteiger charge is 2.16. The molecule has 0 unspecified atom stereocenters. The highest BCUT2D eigenvalue weighted by atomic mass is 32.2. The molecular formula is C17H23NS. The zero-order chi connectivity index (χ0) is 14.0. The first kappa shape index (κ1) is 14.4. The molecule has 19 heavy (non-hydrogen) atoms. The Morgan fingerprint density at radius 1 is 1.16 bits per heavy atom. The van der Waals surface area contributed by atoms with Crippen molar-refractivity contribution in [3.63, 3.8) is 0 Å². The number of thioether (sulfide) groups is 1. The van der Waals surface area contributed by atoms with Gasteiger partial charge in [0, 0.05) is 16.4 Å². The molecule has 2 heteroatoms. The van der Waals surface area contributed by atoms with Gasteiger partial charge in [0.1, 0.15) is 0 Å². The summed E-state index contributed by atoms with van der Waals surface area (Å²) in [4.78, 5) is 6.19. The van der Waals surface area contributed by atoms with E-state index in [-0.39, 0.29) is 5.41 Å². The molecule has 0 bridgehead atoms. The topological polar surface area (TPSA) is 12.4 Å². The molecule has 0 saturated carbocycles. The van der Waals surface area contributed by atoms with Gasteiger partial charge in [-0.15, -0.1) is 11.8 Å². The zero-order valence-electron chi connectivity index (χ0n) is 12.6. The average molecular weight is 273 g/mol. The minimum Gasteiger partial charge on any atom is -0.256 e. The molecule has 1 aromatic carbocycles. The van der Waals surface area contributed by atoms with Gasteiger partial charge in [0.2, 0.25) is 0 Å². The maximum Gasteiger partial charge on any atom is 0.0581 e. The lowest BCUT2D eigenvalue weighted by atomic mass is 9.86. The van der Waals surface area contributed by atoms with Crippen LogP contribution in [-0.2, 0) is 5.41 Å². The Balaban J connectivity index is 2.29. The molecule has 0 N–H and O–H groups in total. The molecule has 1 aliphatic heterocycles. The number of rotatable bonds is 2. The van der Waals surface area contributed by atoms with Crippen molar-refractivity contribution in [2.45, 2.75) is 46.5 Å². The Morgan fingerprint density at radius 3 is 2.32 bits per heavy atom. The molecule has 0 atom stereocenters. The van der Waals surface area contributed by atoms with Crippen LogP contribution in [0.3, 0.4) is 0 Å². The lowest BCUT2D eigenvalue weighted by molar-refractivity contribution is 0.590. The first-order chi connectivity index (χ1) is 8.91. The molecule has 0 aliphatic carbocycles. The van der Waals surface area contributed by atoms with Gasteiger partial charge in [0.25, 0.3) is 0 Å². The summed E-state index contributed by atoms with van der Waals surface area (Å²) in [6.07, 6.45) is 1.02. The van der Waals surface area contributed by atoms with Crippen LogP contribution < -0.4 is 0 Å². The number of benzene rings is 1. The highest BCUT2D eigenvalue weighted by Crippen LogP contribution is 2.29. The zero-order valence-corrected chi connectivity index (χ0v) is 13.4. The van der Waals surface area contributed by atoms with E-state index < -0.39 is 0 Å². The van der Waals surface area contributed by atoms with Gasteiger partial charge in [-0.25, -0.2) is 0 Å². The molecule has 1 aromatic rings. The van der Waals surface area contributed by atoms with Crippen molar-refractivity contribution < 1.29 is 0 Å². The molecule has 0 aromatic heterocycles. The molecule has 1 heterocycles. The summed E-state index contributed by atoms with van der Waals surface area (Å²) in [7, 11) is 0. The second-order valence-electron chi connectivity index (χ2n) is 6.03. The van der Waals surface area contributed by atoms with Gasteiger partial charge in [0.05, 0.1) is 5.71 Å². The SMILES string of the molecule is CCC1=C(C)SCC(c2ccc(C(C)(C)C)cc2)=N1. The fraction of sp³-hybridized carbons (Fsp3) is 0.471. The second kappa shape index (κ2) is 5.54. The predicted octanol–water partition coefficient (Wildman–Crippen LogP) is 5.16. The standard InChI is InChI=1S/C17H23NS/c1-6-15-12(2)19-11-16(18-15)13-7-9-14(10-8-13)17(3,4)5/h7-10H,6,11H2,1-5H3. The Kier molecular flexibility index (Phi) is 4.19. The first-order valence-corrected chi connectivity index (χ1v) is 7.91. The third kappa shape index (κ3) is 3.30. The quantitative estimate of drug-likeness (QED) is 0.725. The van der Waals surface area contributed by atoms with Gasteiger partial charge < -0.3 is 0 Å². The van der Waals surface area contributed by atoms with Gasteiger partial charge in [-0.2, -0.15) is 0 Å². The predicted molar refractivity (Wildman–Crippen MR) is 87.1 cm³/mol. The van der Waals surface area contributed by atoms with Gasteiger partial charge in [0.15, 0.2) is 0 Å². The van der Waals surface area contributed by atoms with E-state index in [1.807, 2.05) is 11.8 Å². The minimum absolute atomic E-state index is 0.215. The highest BCUT2D eigenvalue weighted by molar-refractivity contribution is 8.03. The van der Waals surface area contributed by atoms with Crippen LogP contribution in [-0.4, -0.2) is 11.5 Å². The van der Waals surface area contributed by atoms with E-state index >= 15 is 0 Å². The largest absolute Gasteiger partial charge is 0.256 e. The summed E-state index contributed by atoms with van der Waals surface area (Å²) in [6.45, 7) is 11.1. The van der Waals surface area contributed by atoms with Gasteiger partial charge in [-0.1, -0.05) is 52.0 Å². The molecule has 102 valence electrons. The lowest BCUT2D eigenvalue weighted by Gasteiger charge is -2.20. The summed E-state index contributed by atoms with van der Waals surface area (Å²) in [5.41, 5.74) is 5.31. The lowest BCUT2D eigenvalue weighted by Crippen LogP contribution is -2.13. The van der Waals surface area contributed by atoms with Crippen molar-refractivity contribution >= 4 is 17.5 Å². The summed E-state index contributed by atoms with van der Waals surface area (Å²) in [5.74, 6) is 0.990. The molecule has 0 amide bonds. The molecule has 2 rings (SSSR count). The molecule has 0 radical (unpaired) electrons. The minimum atomic E-state index is 0.215. The fourth-order valence-electron chi connectivity index (χ4n) is 2.17. The van der Waals surface area contributed by atoms with Crippen molar-refractivity contribution in [2.75, 3.05) is 5.75 Å². The number of hydrogen-bond donors (Lipinski definition) is 0. The summed E-state index contributed by atoms with van der Waals surface area (Å²) < 4.78 is 0. The molecule has 1 aliphatic rings. The molecule has 1 nitrogen and oxygen atoms in total. The molecular weight excluding hydrogens is 250 g/mol. The monoisotopic (exact) mass is 273 g/mol. The normalized spacial score (nSPS) is 16.6. The van der Waals surface area contributed by atoms with Gasteiger partial charge >= 0.3 is 0 Å². The van der Waals surface area contributed by atoms with Crippen LogP contribution in [0.1, 0.15) is 52.2 Å². The molecule has 0 spiro atoms. The maximum absolute atomic E-state index is 4.82. The van der Waals surface area contributed by atoms with Crippen molar-refractivity contribution in [3.8, 4) is 0 Å². The van der Waals surface area contributed by atoms with Gasteiger partial charge in [-0.3, -0.25) is 4.99 Å². The Hall–Kier alpha value is -1.02. The van der Waals surface area contributed by atoms with Crippen molar-refractivity contribution in [2.24, 2.45) is 4.99 Å². The summed E-state index contributed by atoms with van der Waals surface area (Å²) in [5, 5.41) is 0. The van der Waals surface area contributed by atoms with E-state index in [0.717, 1.165) is 12.2 Å². The third-order valence-corrected chi connectivity index (χ3v) is 4.61. The molecule has 0 saturated heterocycles. The van der Waals surface area contributed by atoms with Crippen LogP contribution in [0.15, 0.2) is 39.9 Å². The van der Waals surface area contributed by atoms with Gasteiger partial charge in [-0.05, 0) is 29.9 Å². The third-order valence-electron chi connectivity index (χ3n) is 3.52. The van der Waals surface area contributed by atoms with E-state index in [2.05, 4.69) is 58.9 Å². The van der Waals surface area contributed by atoms with E-state index in [4.69, 9.17) is 4.99 Å². The maximum atomic E-state index is 4.82. The van der Waals surface area contributed by atoms with Crippen molar-refractivity contribution in [1.82, 2.24) is 0 Å². The van der Waals surface area contributed by atoms with Crippen LogP contribution in [0.5, 0.6) is 0 Å². The van der Waals surface area contributed by atoms with Crippen LogP contribution in [0.2, 0.25) is 0 Å². The van der Waals surface area contributed by atoms with Crippen LogP contribution in [0.25, 0.3) is 0 Å². The van der Waals surface area contributed by atoms with E-state index in [1.54, 1.807) is 0 Å². The van der Waals surface area contributed by atoms with Crippen LogP contribution in [0.4, 0.5) is 0 Å². The van der Waals surface area contributed by atoms with E-state index in [1.165, 1.54) is 27.4 Å². The van der Waals surface area contributed by atoms with Crippen LogP contribution in [0, 0.1) is 0 Å². The van der Waals surface area contributed by atoms with E-state index in [0.29, 0.717) is 0 Å². The first-order valence-electron chi connectivity index (χ1n) is 6.93. The number of aliphatic imine (C=N–C) groups is 1. The van der Waals surface area contributed by atoms with Crippen molar-refractivity contribution in [3.05, 3.63) is 46.0 Å². The molecule has 0 fully saturated rings. The number of hydrogen-bond acceptors (Lipinski definition) is 2. The van der Waals surface area contributed by atoms with E-state index in [9.17, 15) is 0 Å². The summed E-state index contributed by atoms with van der Waals surface area (Å²) in [6, 6.07) is 8.90. The number of allylic oxidation sites excluding steroid dienone is 2. The second-order valence-corrected chi connectivity index (χ2v) is 7.22. The fourth-order valence-corrected chi connectivity index (χ4v) is 3.11. The average Bonchev–Trinajstić information content (AvgIpc) is 2.38. The van der Waals surface area contributed by atoms with Crippen LogP contribution >= 0.6 is 11.8 Å². The number of nitrogens with zero attached hydrogens (tertiary/aromatic N) is 1.